The van der Waals surface area contributed by atoms with Crippen molar-refractivity contribution in [2.45, 2.75) is 49.6 Å². The number of hydrogen-bond acceptors (Lipinski definition) is 5. The van der Waals surface area contributed by atoms with Gasteiger partial charge in [-0.05, 0) is 19.8 Å². The second-order valence-electron chi connectivity index (χ2n) is 5.58. The van der Waals surface area contributed by atoms with Crippen LogP contribution in [0.25, 0.3) is 4.96 Å². The SMILES string of the molecule is CC1(NS(=O)(=O)c2c(N)nc3sccn23)CCCCC1. The van der Waals surface area contributed by atoms with Crippen molar-refractivity contribution in [3.63, 3.8) is 0 Å². The monoisotopic (exact) mass is 314 g/mol. The van der Waals surface area contributed by atoms with Crippen molar-refractivity contribution in [3.05, 3.63) is 11.6 Å². The maximum atomic E-state index is 12.7. The highest BCUT2D eigenvalue weighted by Crippen LogP contribution is 2.31. The number of rotatable bonds is 3. The van der Waals surface area contributed by atoms with E-state index in [2.05, 4.69) is 9.71 Å². The minimum absolute atomic E-state index is 0.0561. The minimum Gasteiger partial charge on any atom is -0.381 e. The highest BCUT2D eigenvalue weighted by Gasteiger charge is 2.34. The summed E-state index contributed by atoms with van der Waals surface area (Å²) in [6, 6.07) is 0. The number of aromatic nitrogens is 2. The van der Waals surface area contributed by atoms with Crippen molar-refractivity contribution in [1.82, 2.24) is 14.1 Å². The predicted octanol–water partition coefficient (Wildman–Crippen LogP) is 1.98. The summed E-state index contributed by atoms with van der Waals surface area (Å²) in [5, 5.41) is 1.85. The lowest BCUT2D eigenvalue weighted by Crippen LogP contribution is -2.47. The molecule has 0 amide bonds. The molecule has 3 rings (SSSR count). The lowest BCUT2D eigenvalue weighted by atomic mass is 9.84. The van der Waals surface area contributed by atoms with Gasteiger partial charge in [0.25, 0.3) is 10.0 Å². The van der Waals surface area contributed by atoms with Crippen molar-refractivity contribution in [3.8, 4) is 0 Å². The standard InChI is InChI=1S/C12H18N4O2S2/c1-12(5-3-2-4-6-12)15-20(17,18)10-9(13)14-11-16(10)7-8-19-11/h7-8,15H,2-6,13H2,1H3. The zero-order valence-corrected chi connectivity index (χ0v) is 12.9. The van der Waals surface area contributed by atoms with Crippen LogP contribution in [0.5, 0.6) is 0 Å². The number of hydrogen-bond donors (Lipinski definition) is 2. The Kier molecular flexibility index (Phi) is 3.26. The molecule has 2 aromatic heterocycles. The second kappa shape index (κ2) is 4.71. The first-order chi connectivity index (χ1) is 9.41. The third-order valence-electron chi connectivity index (χ3n) is 3.84. The first-order valence-electron chi connectivity index (χ1n) is 6.66. The van der Waals surface area contributed by atoms with Crippen LogP contribution in [0.4, 0.5) is 5.82 Å². The van der Waals surface area contributed by atoms with Gasteiger partial charge in [-0.3, -0.25) is 4.40 Å². The molecule has 8 heteroatoms. The van der Waals surface area contributed by atoms with E-state index in [4.69, 9.17) is 5.73 Å². The summed E-state index contributed by atoms with van der Waals surface area (Å²) in [4.78, 5) is 4.69. The summed E-state index contributed by atoms with van der Waals surface area (Å²) in [6.07, 6.45) is 6.67. The van der Waals surface area contributed by atoms with Crippen molar-refractivity contribution < 1.29 is 8.42 Å². The Hall–Kier alpha value is -1.12. The number of imidazole rings is 1. The number of sulfonamides is 1. The van der Waals surface area contributed by atoms with Crippen LogP contribution in [0.1, 0.15) is 39.0 Å². The Balaban J connectivity index is 1.99. The summed E-state index contributed by atoms with van der Waals surface area (Å²) < 4.78 is 29.7. The average molecular weight is 314 g/mol. The van der Waals surface area contributed by atoms with Crippen molar-refractivity contribution >= 4 is 32.1 Å². The fraction of sp³-hybridized carbons (Fsp3) is 0.583. The topological polar surface area (TPSA) is 89.5 Å². The molecule has 1 fully saturated rings. The van der Waals surface area contributed by atoms with Crippen LogP contribution in [-0.4, -0.2) is 23.3 Å². The van der Waals surface area contributed by atoms with Gasteiger partial charge in [0.1, 0.15) is 0 Å². The molecule has 0 atom stereocenters. The number of anilines is 1. The Morgan fingerprint density at radius 2 is 2.10 bits per heavy atom. The van der Waals surface area contributed by atoms with Gasteiger partial charge < -0.3 is 5.73 Å². The van der Waals surface area contributed by atoms with Gasteiger partial charge in [0.05, 0.1) is 0 Å². The van der Waals surface area contributed by atoms with E-state index in [1.165, 1.54) is 22.2 Å². The summed E-state index contributed by atoms with van der Waals surface area (Å²) >= 11 is 1.36. The molecule has 1 aliphatic carbocycles. The van der Waals surface area contributed by atoms with E-state index in [0.29, 0.717) is 4.96 Å². The number of nitrogens with two attached hydrogens (primary N) is 1. The average Bonchev–Trinajstić information content (AvgIpc) is 2.87. The number of nitrogens with zero attached hydrogens (tertiary/aromatic N) is 2. The van der Waals surface area contributed by atoms with E-state index in [9.17, 15) is 8.42 Å². The Bertz CT molecular complexity index is 726. The number of nitrogens with one attached hydrogen (secondary N) is 1. The fourth-order valence-electron chi connectivity index (χ4n) is 2.86. The van der Waals surface area contributed by atoms with Crippen LogP contribution in [0.2, 0.25) is 0 Å². The molecule has 20 heavy (non-hydrogen) atoms. The van der Waals surface area contributed by atoms with Gasteiger partial charge in [-0.2, -0.15) is 0 Å². The molecule has 0 aliphatic heterocycles. The Morgan fingerprint density at radius 3 is 2.80 bits per heavy atom. The van der Waals surface area contributed by atoms with E-state index in [0.717, 1.165) is 25.7 Å². The summed E-state index contributed by atoms with van der Waals surface area (Å²) in [7, 11) is -3.67. The molecular formula is C12H18N4O2S2. The van der Waals surface area contributed by atoms with Crippen molar-refractivity contribution in [2.75, 3.05) is 5.73 Å². The van der Waals surface area contributed by atoms with Gasteiger partial charge in [-0.15, -0.1) is 11.3 Å². The Morgan fingerprint density at radius 1 is 1.40 bits per heavy atom. The quantitative estimate of drug-likeness (QED) is 0.906. The summed E-state index contributed by atoms with van der Waals surface area (Å²) in [5.41, 5.74) is 5.40. The number of thiazole rings is 1. The first-order valence-corrected chi connectivity index (χ1v) is 9.03. The molecule has 0 saturated heterocycles. The third kappa shape index (κ3) is 2.32. The van der Waals surface area contributed by atoms with Crippen LogP contribution in [0, 0.1) is 0 Å². The summed E-state index contributed by atoms with van der Waals surface area (Å²) in [5.74, 6) is 0.0590. The fourth-order valence-corrected chi connectivity index (χ4v) is 5.31. The molecule has 0 aromatic carbocycles. The van der Waals surface area contributed by atoms with E-state index in [1.54, 1.807) is 11.6 Å². The zero-order chi connectivity index (χ0) is 14.4. The Labute approximate surface area is 122 Å². The highest BCUT2D eigenvalue weighted by molar-refractivity contribution is 7.89. The lowest BCUT2D eigenvalue weighted by molar-refractivity contribution is 0.293. The number of nitrogen functional groups attached to an aromatic ring is 1. The van der Waals surface area contributed by atoms with Gasteiger partial charge in [0, 0.05) is 17.1 Å². The zero-order valence-electron chi connectivity index (χ0n) is 11.3. The second-order valence-corrected chi connectivity index (χ2v) is 8.06. The van der Waals surface area contributed by atoms with E-state index < -0.39 is 10.0 Å². The smallest absolute Gasteiger partial charge is 0.260 e. The molecule has 110 valence electrons. The molecule has 0 unspecified atom stereocenters. The van der Waals surface area contributed by atoms with Crippen LogP contribution < -0.4 is 10.5 Å². The van der Waals surface area contributed by atoms with E-state index >= 15 is 0 Å². The van der Waals surface area contributed by atoms with Crippen molar-refractivity contribution in [2.24, 2.45) is 0 Å². The number of fused-ring (bicyclic) bond motifs is 1. The molecule has 1 aliphatic rings. The van der Waals surface area contributed by atoms with E-state index in [1.807, 2.05) is 6.92 Å². The molecule has 6 nitrogen and oxygen atoms in total. The van der Waals surface area contributed by atoms with E-state index in [-0.39, 0.29) is 16.4 Å². The van der Waals surface area contributed by atoms with Crippen LogP contribution in [-0.2, 0) is 10.0 Å². The lowest BCUT2D eigenvalue weighted by Gasteiger charge is -2.33. The molecular weight excluding hydrogens is 296 g/mol. The maximum Gasteiger partial charge on any atom is 0.260 e. The van der Waals surface area contributed by atoms with Crippen LogP contribution in [0.15, 0.2) is 16.6 Å². The molecule has 1 saturated carbocycles. The van der Waals surface area contributed by atoms with Crippen molar-refractivity contribution in [1.29, 1.82) is 0 Å². The summed E-state index contributed by atoms with van der Waals surface area (Å²) in [6.45, 7) is 1.96. The minimum atomic E-state index is -3.67. The largest absolute Gasteiger partial charge is 0.381 e. The molecule has 3 N–H and O–H groups in total. The van der Waals surface area contributed by atoms with Gasteiger partial charge in [-0.1, -0.05) is 19.3 Å². The van der Waals surface area contributed by atoms with Gasteiger partial charge in [0.15, 0.2) is 15.8 Å². The van der Waals surface area contributed by atoms with Gasteiger partial charge in [0.2, 0.25) is 0 Å². The van der Waals surface area contributed by atoms with Gasteiger partial charge >= 0.3 is 0 Å². The van der Waals surface area contributed by atoms with Gasteiger partial charge in [-0.25, -0.2) is 18.1 Å². The molecule has 2 aromatic rings. The normalized spacial score (nSPS) is 19.4. The highest BCUT2D eigenvalue weighted by atomic mass is 32.2. The molecule has 0 radical (unpaired) electrons. The van der Waals surface area contributed by atoms with Crippen LogP contribution >= 0.6 is 11.3 Å². The van der Waals surface area contributed by atoms with Crippen LogP contribution in [0.3, 0.4) is 0 Å². The third-order valence-corrected chi connectivity index (χ3v) is 6.27. The molecule has 2 heterocycles. The maximum absolute atomic E-state index is 12.7. The first kappa shape index (κ1) is 13.8. The molecule has 0 spiro atoms. The predicted molar refractivity (Wildman–Crippen MR) is 79.3 cm³/mol. The molecule has 0 bridgehead atoms.